The van der Waals surface area contributed by atoms with Crippen LogP contribution in [-0.2, 0) is 7.05 Å². The number of aromatic amines is 1. The third-order valence-corrected chi connectivity index (χ3v) is 1.58. The molecule has 0 spiro atoms. The third-order valence-electron chi connectivity index (χ3n) is 1.58. The summed E-state index contributed by atoms with van der Waals surface area (Å²) in [6.07, 6.45) is 0. The van der Waals surface area contributed by atoms with E-state index in [2.05, 4.69) is 5.10 Å². The Labute approximate surface area is 63.8 Å². The first-order valence-corrected chi connectivity index (χ1v) is 3.30. The Morgan fingerprint density at radius 2 is 2.09 bits per heavy atom. The van der Waals surface area contributed by atoms with E-state index in [0.29, 0.717) is 5.69 Å². The molecule has 0 saturated carbocycles. The third kappa shape index (κ3) is 1.11. The molecule has 0 aliphatic rings. The summed E-state index contributed by atoms with van der Waals surface area (Å²) >= 11 is 0. The zero-order valence-electron chi connectivity index (χ0n) is 6.76. The van der Waals surface area contributed by atoms with Crippen molar-refractivity contribution in [3.63, 3.8) is 0 Å². The topological polar surface area (TPSA) is 54.9 Å². The number of rotatable bonds is 1. The Balaban J connectivity index is 3.47. The molecule has 0 fully saturated rings. The Morgan fingerprint density at radius 3 is 2.27 bits per heavy atom. The summed E-state index contributed by atoms with van der Waals surface area (Å²) in [5.41, 5.74) is 0.632. The van der Waals surface area contributed by atoms with Gasteiger partial charge >= 0.3 is 0 Å². The number of nitrogens with one attached hydrogen (secondary N) is 1. The number of ketones is 1. The summed E-state index contributed by atoms with van der Waals surface area (Å²) in [6.45, 7) is 3.09. The molecule has 0 aliphatic carbocycles. The zero-order valence-corrected chi connectivity index (χ0v) is 6.76. The molecule has 11 heavy (non-hydrogen) atoms. The first-order valence-electron chi connectivity index (χ1n) is 3.30. The second-order valence-electron chi connectivity index (χ2n) is 2.53. The lowest BCUT2D eigenvalue weighted by molar-refractivity contribution is 0.101. The van der Waals surface area contributed by atoms with Gasteiger partial charge in [-0.05, 0) is 13.8 Å². The molecule has 0 radical (unpaired) electrons. The first kappa shape index (κ1) is 7.78. The summed E-state index contributed by atoms with van der Waals surface area (Å²) < 4.78 is 1.30. The van der Waals surface area contributed by atoms with E-state index < -0.39 is 0 Å². The number of carbonyl (C=O) groups is 1. The van der Waals surface area contributed by atoms with Crippen molar-refractivity contribution in [2.24, 2.45) is 7.05 Å². The van der Waals surface area contributed by atoms with E-state index in [1.54, 1.807) is 14.0 Å². The molecular formula is C7H10N2O2. The molecule has 1 aromatic heterocycles. The molecule has 0 aromatic carbocycles. The van der Waals surface area contributed by atoms with Crippen LogP contribution in [0.25, 0.3) is 0 Å². The van der Waals surface area contributed by atoms with Gasteiger partial charge in [-0.15, -0.1) is 0 Å². The van der Waals surface area contributed by atoms with Crippen molar-refractivity contribution in [1.29, 1.82) is 0 Å². The van der Waals surface area contributed by atoms with Crippen molar-refractivity contribution in [2.45, 2.75) is 13.8 Å². The fourth-order valence-corrected chi connectivity index (χ4v) is 1.10. The highest BCUT2D eigenvalue weighted by atomic mass is 16.2. The van der Waals surface area contributed by atoms with Crippen molar-refractivity contribution in [2.75, 3.05) is 0 Å². The molecule has 0 saturated heterocycles. The van der Waals surface area contributed by atoms with Gasteiger partial charge in [-0.25, -0.2) is 0 Å². The maximum Gasteiger partial charge on any atom is 0.277 e. The monoisotopic (exact) mass is 154 g/mol. The van der Waals surface area contributed by atoms with Gasteiger partial charge in [-0.2, -0.15) is 0 Å². The highest BCUT2D eigenvalue weighted by molar-refractivity contribution is 5.94. The molecule has 1 rings (SSSR count). The number of H-pyrrole nitrogens is 1. The van der Waals surface area contributed by atoms with Crippen molar-refractivity contribution >= 4 is 5.78 Å². The van der Waals surface area contributed by atoms with Gasteiger partial charge in [0.1, 0.15) is 5.56 Å². The molecule has 0 aliphatic heterocycles. The second-order valence-corrected chi connectivity index (χ2v) is 2.53. The van der Waals surface area contributed by atoms with Crippen molar-refractivity contribution in [3.8, 4) is 0 Å². The molecule has 1 N–H and O–H groups in total. The largest absolute Gasteiger partial charge is 0.300 e. The number of aryl methyl sites for hydroxylation is 2. The van der Waals surface area contributed by atoms with Gasteiger partial charge in [-0.3, -0.25) is 19.4 Å². The molecule has 0 unspecified atom stereocenters. The van der Waals surface area contributed by atoms with Crippen molar-refractivity contribution < 1.29 is 4.79 Å². The number of Topliss-reactive ketones (excluding diaryl/α,β-unsaturated/α-hetero) is 1. The van der Waals surface area contributed by atoms with E-state index in [1.165, 1.54) is 11.6 Å². The summed E-state index contributed by atoms with van der Waals surface area (Å²) in [5, 5.41) is 2.74. The van der Waals surface area contributed by atoms with Crippen LogP contribution < -0.4 is 5.56 Å². The number of aromatic nitrogens is 2. The molecule has 1 aromatic rings. The Bertz CT molecular complexity index is 346. The van der Waals surface area contributed by atoms with Crippen LogP contribution in [0.3, 0.4) is 0 Å². The van der Waals surface area contributed by atoms with E-state index in [-0.39, 0.29) is 16.9 Å². The Morgan fingerprint density at radius 1 is 1.55 bits per heavy atom. The summed E-state index contributed by atoms with van der Waals surface area (Å²) in [4.78, 5) is 22.0. The standard InChI is InChI=1S/C7H10N2O2/c1-4-6(5(2)10)7(11)9(3)8-4/h8H,1-3H3. The fourth-order valence-electron chi connectivity index (χ4n) is 1.10. The van der Waals surface area contributed by atoms with Gasteiger partial charge < -0.3 is 0 Å². The predicted octanol–water partition coefficient (Wildman–Crippen LogP) is 0.224. The predicted molar refractivity (Wildman–Crippen MR) is 40.8 cm³/mol. The average molecular weight is 154 g/mol. The quantitative estimate of drug-likeness (QED) is 0.588. The second kappa shape index (κ2) is 2.38. The van der Waals surface area contributed by atoms with E-state index in [4.69, 9.17) is 0 Å². The molecule has 0 atom stereocenters. The minimum atomic E-state index is -0.255. The molecule has 4 heteroatoms. The van der Waals surface area contributed by atoms with Crippen molar-refractivity contribution in [3.05, 3.63) is 21.6 Å². The van der Waals surface area contributed by atoms with Gasteiger partial charge in [0.2, 0.25) is 0 Å². The van der Waals surface area contributed by atoms with Crippen LogP contribution >= 0.6 is 0 Å². The molecule has 60 valence electrons. The van der Waals surface area contributed by atoms with Crippen LogP contribution in [0.15, 0.2) is 4.79 Å². The smallest absolute Gasteiger partial charge is 0.277 e. The number of carbonyl (C=O) groups excluding carboxylic acids is 1. The van der Waals surface area contributed by atoms with E-state index in [0.717, 1.165) is 0 Å². The number of hydrogen-bond acceptors (Lipinski definition) is 2. The molecule has 4 nitrogen and oxygen atoms in total. The highest BCUT2D eigenvalue weighted by Gasteiger charge is 2.12. The molecule has 0 amide bonds. The normalized spacial score (nSPS) is 10.1. The van der Waals surface area contributed by atoms with Crippen LogP contribution in [0, 0.1) is 6.92 Å². The lowest BCUT2D eigenvalue weighted by Gasteiger charge is -1.85. The maximum atomic E-state index is 11.1. The number of hydrogen-bond donors (Lipinski definition) is 1. The van der Waals surface area contributed by atoms with Gasteiger partial charge in [-0.1, -0.05) is 0 Å². The molecule has 1 heterocycles. The number of nitrogens with zero attached hydrogens (tertiary/aromatic N) is 1. The van der Waals surface area contributed by atoms with Gasteiger partial charge in [0.15, 0.2) is 5.78 Å². The van der Waals surface area contributed by atoms with E-state index >= 15 is 0 Å². The fraction of sp³-hybridized carbons (Fsp3) is 0.429. The van der Waals surface area contributed by atoms with Gasteiger partial charge in [0.25, 0.3) is 5.56 Å². The Hall–Kier alpha value is -1.32. The summed E-state index contributed by atoms with van der Waals surface area (Å²) in [7, 11) is 1.59. The van der Waals surface area contributed by atoms with Gasteiger partial charge in [0, 0.05) is 12.7 Å². The van der Waals surface area contributed by atoms with E-state index in [9.17, 15) is 9.59 Å². The van der Waals surface area contributed by atoms with Crippen LogP contribution in [0.2, 0.25) is 0 Å². The van der Waals surface area contributed by atoms with Crippen LogP contribution in [0.1, 0.15) is 23.0 Å². The van der Waals surface area contributed by atoms with Crippen LogP contribution in [0.5, 0.6) is 0 Å². The average Bonchev–Trinajstić information content (AvgIpc) is 2.07. The highest BCUT2D eigenvalue weighted by Crippen LogP contribution is 1.98. The SMILES string of the molecule is CC(=O)c1c(C)[nH]n(C)c1=O. The Kier molecular flexibility index (Phi) is 1.68. The van der Waals surface area contributed by atoms with Gasteiger partial charge in [0.05, 0.1) is 0 Å². The first-order chi connectivity index (χ1) is 5.04. The maximum absolute atomic E-state index is 11.1. The van der Waals surface area contributed by atoms with E-state index in [1.807, 2.05) is 0 Å². The summed E-state index contributed by atoms with van der Waals surface area (Å²) in [6, 6.07) is 0. The minimum absolute atomic E-state index is 0.190. The minimum Gasteiger partial charge on any atom is -0.300 e. The van der Waals surface area contributed by atoms with Crippen LogP contribution in [-0.4, -0.2) is 15.6 Å². The summed E-state index contributed by atoms with van der Waals surface area (Å²) in [5.74, 6) is -0.190. The lowest BCUT2D eigenvalue weighted by atomic mass is 10.2. The molecule has 0 bridgehead atoms. The van der Waals surface area contributed by atoms with Crippen LogP contribution in [0.4, 0.5) is 0 Å². The van der Waals surface area contributed by atoms with Crippen molar-refractivity contribution in [1.82, 2.24) is 9.78 Å². The zero-order chi connectivity index (χ0) is 8.59. The molecular weight excluding hydrogens is 144 g/mol. The lowest BCUT2D eigenvalue weighted by Crippen LogP contribution is -2.17.